The van der Waals surface area contributed by atoms with Gasteiger partial charge in [-0.3, -0.25) is 0 Å². The zero-order chi connectivity index (χ0) is 14.3. The molecule has 1 N–H and O–H groups in total. The fourth-order valence-corrected chi connectivity index (χ4v) is 1.31. The number of alkyl carbamates (subject to hydrolysis) is 1. The van der Waals surface area contributed by atoms with E-state index in [1.165, 1.54) is 0 Å². The number of carbonyl (C=O) groups excluding carboxylic acids is 1. The van der Waals surface area contributed by atoms with Gasteiger partial charge in [-0.15, -0.1) is 0 Å². The molecule has 5 nitrogen and oxygen atoms in total. The Kier molecular flexibility index (Phi) is 5.19. The summed E-state index contributed by atoms with van der Waals surface area (Å²) in [4.78, 5) is 11.4. The second-order valence-electron chi connectivity index (χ2n) is 4.89. The Morgan fingerprint density at radius 2 is 2.05 bits per heavy atom. The minimum absolute atomic E-state index is 0.276. The van der Waals surface area contributed by atoms with Crippen molar-refractivity contribution in [3.8, 4) is 11.8 Å². The first-order chi connectivity index (χ1) is 8.92. The predicted octanol–water partition coefficient (Wildman–Crippen LogP) is 2.46. The summed E-state index contributed by atoms with van der Waals surface area (Å²) in [6, 6.07) is 8.99. The zero-order valence-corrected chi connectivity index (χ0v) is 11.4. The highest BCUT2D eigenvalue weighted by molar-refractivity contribution is 5.67. The van der Waals surface area contributed by atoms with Crippen molar-refractivity contribution in [1.82, 2.24) is 5.32 Å². The molecule has 102 valence electrons. The van der Waals surface area contributed by atoms with E-state index < -0.39 is 11.7 Å². The summed E-state index contributed by atoms with van der Waals surface area (Å²) in [7, 11) is 0. The number of ether oxygens (including phenoxy) is 2. The number of carbonyl (C=O) groups is 1. The molecule has 5 heteroatoms. The number of nitrogens with one attached hydrogen (secondary N) is 1. The summed E-state index contributed by atoms with van der Waals surface area (Å²) in [6.45, 7) is 5.98. The molecule has 0 saturated heterocycles. The lowest BCUT2D eigenvalue weighted by Crippen LogP contribution is -2.34. The Labute approximate surface area is 113 Å². The molecule has 0 aliphatic rings. The van der Waals surface area contributed by atoms with Crippen LogP contribution >= 0.6 is 0 Å². The zero-order valence-electron chi connectivity index (χ0n) is 11.4. The molecule has 0 fully saturated rings. The van der Waals surface area contributed by atoms with Gasteiger partial charge in [0, 0.05) is 0 Å². The van der Waals surface area contributed by atoms with Gasteiger partial charge in [-0.25, -0.2) is 4.79 Å². The molecule has 1 rings (SSSR count). The predicted molar refractivity (Wildman–Crippen MR) is 70.9 cm³/mol. The molecule has 1 aromatic rings. The van der Waals surface area contributed by atoms with Crippen LogP contribution in [0.5, 0.6) is 5.75 Å². The molecule has 1 aromatic carbocycles. The van der Waals surface area contributed by atoms with Crippen LogP contribution in [0.4, 0.5) is 4.79 Å². The minimum atomic E-state index is -0.516. The highest BCUT2D eigenvalue weighted by Gasteiger charge is 2.15. The van der Waals surface area contributed by atoms with Crippen molar-refractivity contribution in [2.24, 2.45) is 0 Å². The van der Waals surface area contributed by atoms with Crippen molar-refractivity contribution in [3.05, 3.63) is 29.8 Å². The van der Waals surface area contributed by atoms with Crippen LogP contribution in [0.1, 0.15) is 26.3 Å². The third-order valence-electron chi connectivity index (χ3n) is 2.04. The molecule has 0 radical (unpaired) electrons. The molecule has 0 bridgehead atoms. The molecule has 0 aliphatic carbocycles. The lowest BCUT2D eigenvalue weighted by Gasteiger charge is -2.19. The topological polar surface area (TPSA) is 71.3 Å². The highest BCUT2D eigenvalue weighted by Crippen LogP contribution is 2.15. The third kappa shape index (κ3) is 5.77. The van der Waals surface area contributed by atoms with Crippen molar-refractivity contribution >= 4 is 6.09 Å². The largest absolute Gasteiger partial charge is 0.490 e. The highest BCUT2D eigenvalue weighted by atomic mass is 16.6. The van der Waals surface area contributed by atoms with E-state index in [0.29, 0.717) is 17.9 Å². The Morgan fingerprint density at radius 3 is 2.68 bits per heavy atom. The monoisotopic (exact) mass is 262 g/mol. The second kappa shape index (κ2) is 6.64. The third-order valence-corrected chi connectivity index (χ3v) is 2.04. The quantitative estimate of drug-likeness (QED) is 0.846. The van der Waals surface area contributed by atoms with Crippen LogP contribution in [0, 0.1) is 11.3 Å². The van der Waals surface area contributed by atoms with Crippen LogP contribution in [0.3, 0.4) is 0 Å². The van der Waals surface area contributed by atoms with E-state index in [2.05, 4.69) is 5.32 Å². The van der Waals surface area contributed by atoms with Gasteiger partial charge in [-0.1, -0.05) is 12.1 Å². The second-order valence-corrected chi connectivity index (χ2v) is 4.89. The van der Waals surface area contributed by atoms with Gasteiger partial charge in [-0.2, -0.15) is 5.26 Å². The van der Waals surface area contributed by atoms with Gasteiger partial charge in [0.1, 0.15) is 24.0 Å². The molecule has 0 unspecified atom stereocenters. The molecular formula is C14H18N2O3. The first-order valence-corrected chi connectivity index (χ1v) is 6.01. The van der Waals surface area contributed by atoms with E-state index >= 15 is 0 Å². The van der Waals surface area contributed by atoms with Crippen molar-refractivity contribution < 1.29 is 14.3 Å². The molecule has 0 aromatic heterocycles. The maximum atomic E-state index is 11.4. The van der Waals surface area contributed by atoms with Gasteiger partial charge in [0.15, 0.2) is 0 Å². The standard InChI is InChI=1S/C14H18N2O3/c1-14(2,3)19-13(17)16-8-9-18-12-7-5-4-6-11(12)10-15/h4-7H,8-9H2,1-3H3,(H,16,17). The SMILES string of the molecule is CC(C)(C)OC(=O)NCCOc1ccccc1C#N. The van der Waals surface area contributed by atoms with Crippen LogP contribution in [-0.2, 0) is 4.74 Å². The Balaban J connectivity index is 2.32. The van der Waals surface area contributed by atoms with Crippen LogP contribution in [0.2, 0.25) is 0 Å². The van der Waals surface area contributed by atoms with E-state index in [1.807, 2.05) is 6.07 Å². The number of nitriles is 1. The first-order valence-electron chi connectivity index (χ1n) is 6.01. The molecular weight excluding hydrogens is 244 g/mol. The van der Waals surface area contributed by atoms with E-state index in [-0.39, 0.29) is 6.61 Å². The first kappa shape index (κ1) is 14.8. The number of hydrogen-bond acceptors (Lipinski definition) is 4. The van der Waals surface area contributed by atoms with Gasteiger partial charge in [0.25, 0.3) is 0 Å². The summed E-state index contributed by atoms with van der Waals surface area (Å²) in [5.41, 5.74) is -0.0435. The summed E-state index contributed by atoms with van der Waals surface area (Å²) >= 11 is 0. The number of amides is 1. The fraction of sp³-hybridized carbons (Fsp3) is 0.429. The van der Waals surface area contributed by atoms with Gasteiger partial charge in [0.05, 0.1) is 12.1 Å². The fourth-order valence-electron chi connectivity index (χ4n) is 1.31. The summed E-state index contributed by atoms with van der Waals surface area (Å²) < 4.78 is 10.5. The summed E-state index contributed by atoms with van der Waals surface area (Å²) in [5, 5.41) is 11.4. The molecule has 0 saturated carbocycles. The number of nitrogens with zero attached hydrogens (tertiary/aromatic N) is 1. The molecule has 1 amide bonds. The van der Waals surface area contributed by atoms with Gasteiger partial charge < -0.3 is 14.8 Å². The van der Waals surface area contributed by atoms with Crippen molar-refractivity contribution in [2.45, 2.75) is 26.4 Å². The summed E-state index contributed by atoms with van der Waals surface area (Å²) in [6.07, 6.45) is -0.482. The van der Waals surface area contributed by atoms with Crippen molar-refractivity contribution in [2.75, 3.05) is 13.2 Å². The molecule has 0 heterocycles. The Bertz CT molecular complexity index is 472. The molecule has 19 heavy (non-hydrogen) atoms. The van der Waals surface area contributed by atoms with E-state index in [1.54, 1.807) is 45.0 Å². The number of hydrogen-bond donors (Lipinski definition) is 1. The maximum Gasteiger partial charge on any atom is 0.407 e. The van der Waals surface area contributed by atoms with E-state index in [0.717, 1.165) is 0 Å². The lowest BCUT2D eigenvalue weighted by atomic mass is 10.2. The van der Waals surface area contributed by atoms with Crippen LogP contribution in [0.25, 0.3) is 0 Å². The molecule has 0 aliphatic heterocycles. The van der Waals surface area contributed by atoms with Crippen LogP contribution in [0.15, 0.2) is 24.3 Å². The molecule has 0 atom stereocenters. The number of para-hydroxylation sites is 1. The van der Waals surface area contributed by atoms with Gasteiger partial charge >= 0.3 is 6.09 Å². The normalized spacial score (nSPS) is 10.4. The maximum absolute atomic E-state index is 11.4. The average Bonchev–Trinajstić information content (AvgIpc) is 2.33. The number of benzene rings is 1. The van der Waals surface area contributed by atoms with E-state index in [9.17, 15) is 4.79 Å². The minimum Gasteiger partial charge on any atom is -0.490 e. The lowest BCUT2D eigenvalue weighted by molar-refractivity contribution is 0.0520. The Morgan fingerprint density at radius 1 is 1.37 bits per heavy atom. The van der Waals surface area contributed by atoms with Crippen molar-refractivity contribution in [3.63, 3.8) is 0 Å². The van der Waals surface area contributed by atoms with Gasteiger partial charge in [-0.05, 0) is 32.9 Å². The number of rotatable bonds is 4. The van der Waals surface area contributed by atoms with Crippen molar-refractivity contribution in [1.29, 1.82) is 5.26 Å². The average molecular weight is 262 g/mol. The summed E-state index contributed by atoms with van der Waals surface area (Å²) in [5.74, 6) is 0.510. The van der Waals surface area contributed by atoms with E-state index in [4.69, 9.17) is 14.7 Å². The smallest absolute Gasteiger partial charge is 0.407 e. The van der Waals surface area contributed by atoms with Gasteiger partial charge in [0.2, 0.25) is 0 Å². The molecule has 0 spiro atoms. The van der Waals surface area contributed by atoms with Crippen LogP contribution in [-0.4, -0.2) is 24.8 Å². The Hall–Kier alpha value is -2.22. The van der Waals surface area contributed by atoms with Crippen LogP contribution < -0.4 is 10.1 Å².